The molecular weight excluding hydrogens is 332 g/mol. The molecule has 2 aliphatic rings. The van der Waals surface area contributed by atoms with Crippen molar-refractivity contribution in [3.63, 3.8) is 0 Å². The molecule has 2 heterocycles. The van der Waals surface area contributed by atoms with E-state index in [4.69, 9.17) is 14.2 Å². The third kappa shape index (κ3) is 4.75. The van der Waals surface area contributed by atoms with Gasteiger partial charge in [0.05, 0.1) is 33.5 Å². The summed E-state index contributed by atoms with van der Waals surface area (Å²) in [7, 11) is 1.71. The fourth-order valence-corrected chi connectivity index (χ4v) is 3.73. The van der Waals surface area contributed by atoms with Crippen molar-refractivity contribution in [1.82, 2.24) is 9.80 Å². The quantitative estimate of drug-likeness (QED) is 0.799. The van der Waals surface area contributed by atoms with Gasteiger partial charge in [-0.2, -0.15) is 0 Å². The van der Waals surface area contributed by atoms with Crippen LogP contribution in [0.2, 0.25) is 0 Å². The molecule has 1 amide bonds. The molecular formula is C20H30N2O4. The average Bonchev–Trinajstić information content (AvgIpc) is 2.85. The second-order valence-electron chi connectivity index (χ2n) is 7.06. The van der Waals surface area contributed by atoms with Crippen LogP contribution in [-0.2, 0) is 20.8 Å². The first-order valence-corrected chi connectivity index (χ1v) is 9.48. The molecule has 0 N–H and O–H groups in total. The van der Waals surface area contributed by atoms with E-state index < -0.39 is 0 Å². The Hall–Kier alpha value is -1.63. The molecule has 6 nitrogen and oxygen atoms in total. The van der Waals surface area contributed by atoms with Gasteiger partial charge >= 0.3 is 0 Å². The Morgan fingerprint density at radius 1 is 1.15 bits per heavy atom. The standard InChI is InChI=1S/C20H30N2O4/c1-16-18(13-20(23)21-7-10-25-11-8-21)15-26-12-9-22(16)14-17-5-3-4-6-19(17)24-2/h3-6,16,18H,7-15H2,1-2H3/t16-,18+/m1/s1. The number of amides is 1. The highest BCUT2D eigenvalue weighted by Gasteiger charge is 2.30. The lowest BCUT2D eigenvalue weighted by molar-refractivity contribution is -0.137. The number of para-hydroxylation sites is 1. The van der Waals surface area contributed by atoms with Gasteiger partial charge in [0.25, 0.3) is 0 Å². The summed E-state index contributed by atoms with van der Waals surface area (Å²) in [6, 6.07) is 8.39. The maximum absolute atomic E-state index is 12.7. The lowest BCUT2D eigenvalue weighted by atomic mass is 9.95. The zero-order valence-corrected chi connectivity index (χ0v) is 15.9. The van der Waals surface area contributed by atoms with E-state index in [-0.39, 0.29) is 17.9 Å². The van der Waals surface area contributed by atoms with Crippen molar-refractivity contribution in [1.29, 1.82) is 0 Å². The van der Waals surface area contributed by atoms with Gasteiger partial charge in [-0.3, -0.25) is 9.69 Å². The summed E-state index contributed by atoms with van der Waals surface area (Å²) in [4.78, 5) is 17.0. The zero-order chi connectivity index (χ0) is 18.4. The van der Waals surface area contributed by atoms with Crippen LogP contribution in [0, 0.1) is 5.92 Å². The summed E-state index contributed by atoms with van der Waals surface area (Å²) in [6.07, 6.45) is 0.531. The smallest absolute Gasteiger partial charge is 0.223 e. The van der Waals surface area contributed by atoms with Gasteiger partial charge in [-0.1, -0.05) is 18.2 Å². The number of morpholine rings is 1. The highest BCUT2D eigenvalue weighted by atomic mass is 16.5. The maximum atomic E-state index is 12.7. The van der Waals surface area contributed by atoms with Crippen molar-refractivity contribution < 1.29 is 19.0 Å². The fraction of sp³-hybridized carbons (Fsp3) is 0.650. The Balaban J connectivity index is 1.64. The van der Waals surface area contributed by atoms with Crippen LogP contribution < -0.4 is 4.74 Å². The summed E-state index contributed by atoms with van der Waals surface area (Å²) < 4.78 is 16.7. The number of ether oxygens (including phenoxy) is 3. The Morgan fingerprint density at radius 3 is 2.65 bits per heavy atom. The Bertz CT molecular complexity index is 589. The van der Waals surface area contributed by atoms with Crippen LogP contribution in [0.25, 0.3) is 0 Å². The monoisotopic (exact) mass is 362 g/mol. The maximum Gasteiger partial charge on any atom is 0.223 e. The van der Waals surface area contributed by atoms with Crippen LogP contribution in [0.5, 0.6) is 5.75 Å². The minimum absolute atomic E-state index is 0.197. The molecule has 1 aromatic rings. The molecule has 0 unspecified atom stereocenters. The number of carbonyl (C=O) groups is 1. The van der Waals surface area contributed by atoms with E-state index in [0.717, 1.165) is 18.8 Å². The Morgan fingerprint density at radius 2 is 1.88 bits per heavy atom. The number of hydrogen-bond acceptors (Lipinski definition) is 5. The summed E-state index contributed by atoms with van der Waals surface area (Å²) in [6.45, 7) is 7.89. The first-order valence-electron chi connectivity index (χ1n) is 9.48. The molecule has 2 saturated heterocycles. The van der Waals surface area contributed by atoms with Crippen molar-refractivity contribution in [2.45, 2.75) is 25.9 Å². The van der Waals surface area contributed by atoms with Gasteiger partial charge in [-0.15, -0.1) is 0 Å². The molecule has 3 rings (SSSR count). The summed E-state index contributed by atoms with van der Waals surface area (Å²) in [5.41, 5.74) is 1.17. The van der Waals surface area contributed by atoms with Crippen LogP contribution in [0.1, 0.15) is 18.9 Å². The molecule has 0 bridgehead atoms. The molecule has 26 heavy (non-hydrogen) atoms. The first-order chi connectivity index (χ1) is 12.7. The van der Waals surface area contributed by atoms with E-state index in [1.54, 1.807) is 7.11 Å². The van der Waals surface area contributed by atoms with Crippen LogP contribution >= 0.6 is 0 Å². The van der Waals surface area contributed by atoms with Crippen molar-refractivity contribution in [3.05, 3.63) is 29.8 Å². The largest absolute Gasteiger partial charge is 0.496 e. The molecule has 0 aliphatic carbocycles. The zero-order valence-electron chi connectivity index (χ0n) is 15.9. The first kappa shape index (κ1) is 19.1. The van der Waals surface area contributed by atoms with Crippen LogP contribution in [0.3, 0.4) is 0 Å². The summed E-state index contributed by atoms with van der Waals surface area (Å²) >= 11 is 0. The molecule has 0 radical (unpaired) electrons. The van der Waals surface area contributed by atoms with E-state index in [0.29, 0.717) is 45.9 Å². The van der Waals surface area contributed by atoms with Gasteiger partial charge in [-0.25, -0.2) is 0 Å². The third-order valence-electron chi connectivity index (χ3n) is 5.48. The van der Waals surface area contributed by atoms with Gasteiger partial charge in [0.2, 0.25) is 5.91 Å². The fourth-order valence-electron chi connectivity index (χ4n) is 3.73. The predicted molar refractivity (Wildman–Crippen MR) is 99.2 cm³/mol. The van der Waals surface area contributed by atoms with E-state index in [2.05, 4.69) is 17.9 Å². The van der Waals surface area contributed by atoms with E-state index in [9.17, 15) is 4.79 Å². The number of benzene rings is 1. The van der Waals surface area contributed by atoms with Gasteiger partial charge in [0, 0.05) is 50.1 Å². The van der Waals surface area contributed by atoms with Crippen LogP contribution in [0.4, 0.5) is 0 Å². The Labute approximate surface area is 156 Å². The van der Waals surface area contributed by atoms with Crippen LogP contribution in [-0.4, -0.2) is 74.9 Å². The van der Waals surface area contributed by atoms with E-state index in [1.807, 2.05) is 23.1 Å². The molecule has 144 valence electrons. The SMILES string of the molecule is COc1ccccc1CN1CCOC[C@H](CC(=O)N2CCOCC2)[C@H]1C. The minimum Gasteiger partial charge on any atom is -0.496 e. The number of rotatable bonds is 5. The molecule has 0 aromatic heterocycles. The van der Waals surface area contributed by atoms with Crippen molar-refractivity contribution >= 4 is 5.91 Å². The van der Waals surface area contributed by atoms with Crippen LogP contribution in [0.15, 0.2) is 24.3 Å². The Kier molecular flexibility index (Phi) is 6.88. The highest BCUT2D eigenvalue weighted by molar-refractivity contribution is 5.76. The minimum atomic E-state index is 0.197. The van der Waals surface area contributed by atoms with E-state index in [1.165, 1.54) is 5.56 Å². The van der Waals surface area contributed by atoms with Gasteiger partial charge in [-0.05, 0) is 13.0 Å². The number of methoxy groups -OCH3 is 1. The normalized spacial score (nSPS) is 24.9. The number of nitrogens with zero attached hydrogens (tertiary/aromatic N) is 2. The average molecular weight is 362 g/mol. The topological polar surface area (TPSA) is 51.2 Å². The molecule has 0 spiro atoms. The lowest BCUT2D eigenvalue weighted by Gasteiger charge is -2.33. The number of hydrogen-bond donors (Lipinski definition) is 0. The third-order valence-corrected chi connectivity index (χ3v) is 5.48. The van der Waals surface area contributed by atoms with Gasteiger partial charge < -0.3 is 19.1 Å². The molecule has 2 aliphatic heterocycles. The molecule has 2 fully saturated rings. The molecule has 6 heteroatoms. The van der Waals surface area contributed by atoms with Crippen molar-refractivity contribution in [2.75, 3.05) is 53.2 Å². The highest BCUT2D eigenvalue weighted by Crippen LogP contribution is 2.25. The molecule has 2 atom stereocenters. The number of carbonyl (C=O) groups excluding carboxylic acids is 1. The molecule has 1 aromatic carbocycles. The van der Waals surface area contributed by atoms with Gasteiger partial charge in [0.1, 0.15) is 5.75 Å². The molecule has 0 saturated carbocycles. The lowest BCUT2D eigenvalue weighted by Crippen LogP contribution is -2.44. The summed E-state index contributed by atoms with van der Waals surface area (Å²) in [5.74, 6) is 1.32. The summed E-state index contributed by atoms with van der Waals surface area (Å²) in [5, 5.41) is 0. The second kappa shape index (κ2) is 9.35. The second-order valence-corrected chi connectivity index (χ2v) is 7.06. The van der Waals surface area contributed by atoms with E-state index >= 15 is 0 Å². The van der Waals surface area contributed by atoms with Crippen molar-refractivity contribution in [3.8, 4) is 5.75 Å². The predicted octanol–water partition coefficient (Wildman–Crippen LogP) is 1.78. The van der Waals surface area contributed by atoms with Crippen molar-refractivity contribution in [2.24, 2.45) is 5.92 Å². The van der Waals surface area contributed by atoms with Gasteiger partial charge in [0.15, 0.2) is 0 Å².